The Labute approximate surface area is 171 Å². The quantitative estimate of drug-likeness (QED) is 0.712. The molecule has 11 heteroatoms. The first-order valence-electron chi connectivity index (χ1n) is 8.88. The number of carbonyl (C=O) groups excluding carboxylic acids is 1. The van der Waals surface area contributed by atoms with Gasteiger partial charge >= 0.3 is 12.1 Å². The van der Waals surface area contributed by atoms with E-state index >= 15 is 0 Å². The van der Waals surface area contributed by atoms with Crippen molar-refractivity contribution >= 4 is 21.7 Å². The zero-order valence-electron chi connectivity index (χ0n) is 15.7. The molecule has 0 saturated carbocycles. The minimum Gasteiger partial charge on any atom is -0.457 e. The molecule has 2 aromatic rings. The zero-order chi connectivity index (χ0) is 21.9. The monoisotopic (exact) mass is 444 g/mol. The van der Waals surface area contributed by atoms with Crippen LogP contribution in [0.5, 0.6) is 0 Å². The lowest BCUT2D eigenvalue weighted by molar-refractivity contribution is -0.137. The molecule has 0 bridgehead atoms. The van der Waals surface area contributed by atoms with E-state index in [-0.39, 0.29) is 16.0 Å². The highest BCUT2D eigenvalue weighted by atomic mass is 32.2. The summed E-state index contributed by atoms with van der Waals surface area (Å²) in [6, 6.07) is 8.25. The molecule has 0 atom stereocenters. The van der Waals surface area contributed by atoms with E-state index < -0.39 is 34.3 Å². The molecule has 0 unspecified atom stereocenters. The van der Waals surface area contributed by atoms with Gasteiger partial charge in [-0.3, -0.25) is 0 Å². The van der Waals surface area contributed by atoms with E-state index in [1.165, 1.54) is 24.3 Å². The second-order valence-electron chi connectivity index (χ2n) is 6.60. The largest absolute Gasteiger partial charge is 0.457 e. The van der Waals surface area contributed by atoms with Crippen molar-refractivity contribution < 1.29 is 35.9 Å². The second kappa shape index (κ2) is 8.62. The standard InChI is InChI=1S/C19H19F3N2O5S/c20-19(21,22)14-3-1-2-13(10-14)12-29-18(25)16-11-15(30(23,26)27)4-5-17(16)24-6-8-28-9-7-24/h1-5,10-11H,6-9,12H2,(H2,23,26,27). The van der Waals surface area contributed by atoms with Crippen molar-refractivity contribution in [3.63, 3.8) is 0 Å². The van der Waals surface area contributed by atoms with Crippen LogP contribution in [0.4, 0.5) is 18.9 Å². The number of esters is 1. The van der Waals surface area contributed by atoms with Crippen LogP contribution in [0.25, 0.3) is 0 Å². The van der Waals surface area contributed by atoms with Crippen LogP contribution in [0, 0.1) is 0 Å². The van der Waals surface area contributed by atoms with Crippen LogP contribution in [0.2, 0.25) is 0 Å². The van der Waals surface area contributed by atoms with E-state index in [1.54, 1.807) is 0 Å². The van der Waals surface area contributed by atoms with E-state index in [0.717, 1.165) is 18.2 Å². The number of carbonyl (C=O) groups is 1. The first-order chi connectivity index (χ1) is 14.1. The molecule has 2 aromatic carbocycles. The average Bonchev–Trinajstić information content (AvgIpc) is 2.71. The van der Waals surface area contributed by atoms with Gasteiger partial charge in [0.15, 0.2) is 0 Å². The molecule has 162 valence electrons. The first-order valence-corrected chi connectivity index (χ1v) is 10.4. The number of hydrogen-bond acceptors (Lipinski definition) is 6. The van der Waals surface area contributed by atoms with Crippen molar-refractivity contribution in [2.45, 2.75) is 17.7 Å². The molecule has 1 fully saturated rings. The highest BCUT2D eigenvalue weighted by molar-refractivity contribution is 7.89. The topological polar surface area (TPSA) is 98.9 Å². The van der Waals surface area contributed by atoms with Crippen molar-refractivity contribution in [1.29, 1.82) is 0 Å². The Kier molecular flexibility index (Phi) is 6.34. The van der Waals surface area contributed by atoms with Crippen molar-refractivity contribution in [1.82, 2.24) is 0 Å². The molecular formula is C19H19F3N2O5S. The number of halogens is 3. The third kappa shape index (κ3) is 5.29. The molecule has 0 amide bonds. The van der Waals surface area contributed by atoms with Crippen LogP contribution >= 0.6 is 0 Å². The Morgan fingerprint density at radius 2 is 1.83 bits per heavy atom. The second-order valence-corrected chi connectivity index (χ2v) is 8.16. The molecule has 0 aliphatic carbocycles. The summed E-state index contributed by atoms with van der Waals surface area (Å²) in [5, 5.41) is 5.16. The lowest BCUT2D eigenvalue weighted by Crippen LogP contribution is -2.37. The van der Waals surface area contributed by atoms with Crippen LogP contribution < -0.4 is 10.0 Å². The minimum atomic E-state index is -4.52. The number of rotatable bonds is 5. The van der Waals surface area contributed by atoms with Gasteiger partial charge < -0.3 is 14.4 Å². The van der Waals surface area contributed by atoms with Crippen molar-refractivity contribution in [2.24, 2.45) is 5.14 Å². The van der Waals surface area contributed by atoms with E-state index in [1.807, 2.05) is 4.90 Å². The van der Waals surface area contributed by atoms with Gasteiger partial charge in [0.2, 0.25) is 10.0 Å². The number of primary sulfonamides is 1. The molecular weight excluding hydrogens is 425 g/mol. The van der Waals surface area contributed by atoms with Crippen molar-refractivity contribution in [2.75, 3.05) is 31.2 Å². The van der Waals surface area contributed by atoms with Gasteiger partial charge in [0.05, 0.1) is 34.9 Å². The maximum atomic E-state index is 12.9. The Balaban J connectivity index is 1.86. The van der Waals surface area contributed by atoms with Crippen LogP contribution in [0.3, 0.4) is 0 Å². The highest BCUT2D eigenvalue weighted by Gasteiger charge is 2.30. The molecule has 0 radical (unpaired) electrons. The van der Waals surface area contributed by atoms with Gasteiger partial charge in [0.25, 0.3) is 0 Å². The van der Waals surface area contributed by atoms with Crippen molar-refractivity contribution in [3.8, 4) is 0 Å². The minimum absolute atomic E-state index is 0.0459. The number of sulfonamides is 1. The Morgan fingerprint density at radius 1 is 1.13 bits per heavy atom. The maximum absolute atomic E-state index is 12.9. The molecule has 1 heterocycles. The predicted octanol–water partition coefficient (Wildman–Crippen LogP) is 2.55. The van der Waals surface area contributed by atoms with Crippen LogP contribution in [0.15, 0.2) is 47.4 Å². The molecule has 1 saturated heterocycles. The summed E-state index contributed by atoms with van der Waals surface area (Å²) < 4.78 is 72.4. The number of alkyl halides is 3. The van der Waals surface area contributed by atoms with Crippen LogP contribution in [-0.2, 0) is 32.3 Å². The lowest BCUT2D eigenvalue weighted by Gasteiger charge is -2.30. The Hall–Kier alpha value is -2.63. The fourth-order valence-corrected chi connectivity index (χ4v) is 3.54. The fraction of sp³-hybridized carbons (Fsp3) is 0.316. The summed E-state index contributed by atoms with van der Waals surface area (Å²) in [5.41, 5.74) is -0.329. The third-order valence-corrected chi connectivity index (χ3v) is 5.40. The van der Waals surface area contributed by atoms with E-state index in [0.29, 0.717) is 32.0 Å². The average molecular weight is 444 g/mol. The Bertz CT molecular complexity index is 1030. The highest BCUT2D eigenvalue weighted by Crippen LogP contribution is 2.30. The number of hydrogen-bond donors (Lipinski definition) is 1. The third-order valence-electron chi connectivity index (χ3n) is 4.49. The maximum Gasteiger partial charge on any atom is 0.416 e. The molecule has 0 spiro atoms. The lowest BCUT2D eigenvalue weighted by atomic mass is 10.1. The SMILES string of the molecule is NS(=O)(=O)c1ccc(N2CCOCC2)c(C(=O)OCc2cccc(C(F)(F)F)c2)c1. The predicted molar refractivity (Wildman–Crippen MR) is 101 cm³/mol. The van der Waals surface area contributed by atoms with Gasteiger partial charge in [-0.15, -0.1) is 0 Å². The summed E-state index contributed by atoms with van der Waals surface area (Å²) in [6.45, 7) is 1.39. The Morgan fingerprint density at radius 3 is 2.47 bits per heavy atom. The molecule has 1 aliphatic rings. The van der Waals surface area contributed by atoms with Gasteiger partial charge in [-0.05, 0) is 35.9 Å². The van der Waals surface area contributed by atoms with Crippen LogP contribution in [-0.4, -0.2) is 40.7 Å². The van der Waals surface area contributed by atoms with Crippen molar-refractivity contribution in [3.05, 3.63) is 59.2 Å². The number of nitrogens with zero attached hydrogens (tertiary/aromatic N) is 1. The molecule has 30 heavy (non-hydrogen) atoms. The smallest absolute Gasteiger partial charge is 0.416 e. The van der Waals surface area contributed by atoms with E-state index in [9.17, 15) is 26.4 Å². The molecule has 7 nitrogen and oxygen atoms in total. The van der Waals surface area contributed by atoms with Gasteiger partial charge in [0.1, 0.15) is 6.61 Å². The normalized spacial score (nSPS) is 15.1. The number of ether oxygens (including phenoxy) is 2. The summed E-state index contributed by atoms with van der Waals surface area (Å²) in [5.74, 6) is -0.876. The molecule has 3 rings (SSSR count). The number of anilines is 1. The van der Waals surface area contributed by atoms with Gasteiger partial charge in [-0.1, -0.05) is 12.1 Å². The molecule has 2 N–H and O–H groups in total. The summed E-state index contributed by atoms with van der Waals surface area (Å²) in [6.07, 6.45) is -4.52. The van der Waals surface area contributed by atoms with Gasteiger partial charge in [0, 0.05) is 13.1 Å². The zero-order valence-corrected chi connectivity index (χ0v) is 16.5. The molecule has 0 aromatic heterocycles. The summed E-state index contributed by atoms with van der Waals surface area (Å²) >= 11 is 0. The number of nitrogens with two attached hydrogens (primary N) is 1. The van der Waals surface area contributed by atoms with Gasteiger partial charge in [-0.2, -0.15) is 13.2 Å². The summed E-state index contributed by atoms with van der Waals surface area (Å²) in [4.78, 5) is 14.3. The molecule has 1 aliphatic heterocycles. The van der Waals surface area contributed by atoms with E-state index in [4.69, 9.17) is 14.6 Å². The van der Waals surface area contributed by atoms with E-state index in [2.05, 4.69) is 0 Å². The van der Waals surface area contributed by atoms with Crippen LogP contribution in [0.1, 0.15) is 21.5 Å². The summed E-state index contributed by atoms with van der Waals surface area (Å²) in [7, 11) is -4.07. The van der Waals surface area contributed by atoms with Gasteiger partial charge in [-0.25, -0.2) is 18.4 Å². The number of morpholine rings is 1. The fourth-order valence-electron chi connectivity index (χ4n) is 3.00. The number of benzene rings is 2. The first kappa shape index (κ1) is 22.1.